The topological polar surface area (TPSA) is 73.7 Å². The zero-order chi connectivity index (χ0) is 15.7. The smallest absolute Gasteiger partial charge is 0.326 e. The number of pyridine rings is 1. The van der Waals surface area contributed by atoms with Gasteiger partial charge >= 0.3 is 5.97 Å². The van der Waals surface area contributed by atoms with E-state index in [-0.39, 0.29) is 5.91 Å². The number of likely N-dealkylation sites (tertiary alicyclic amines) is 2. The van der Waals surface area contributed by atoms with Gasteiger partial charge in [0.05, 0.1) is 5.69 Å². The van der Waals surface area contributed by atoms with Crippen LogP contribution in [0.4, 0.5) is 0 Å². The summed E-state index contributed by atoms with van der Waals surface area (Å²) in [4.78, 5) is 31.9. The Kier molecular flexibility index (Phi) is 4.11. The third kappa shape index (κ3) is 2.97. The van der Waals surface area contributed by atoms with E-state index in [0.717, 1.165) is 37.7 Å². The first kappa shape index (κ1) is 15.0. The van der Waals surface area contributed by atoms with Gasteiger partial charge in [-0.15, -0.1) is 0 Å². The minimum absolute atomic E-state index is 0.274. The maximum Gasteiger partial charge on any atom is 0.326 e. The van der Waals surface area contributed by atoms with Crippen molar-refractivity contribution in [2.24, 2.45) is 5.92 Å². The minimum Gasteiger partial charge on any atom is -0.480 e. The Morgan fingerprint density at radius 2 is 2.14 bits per heavy atom. The van der Waals surface area contributed by atoms with E-state index in [4.69, 9.17) is 0 Å². The van der Waals surface area contributed by atoms with Crippen LogP contribution in [0.5, 0.6) is 0 Å². The molecule has 0 saturated carbocycles. The molecule has 2 aliphatic rings. The zero-order valence-corrected chi connectivity index (χ0v) is 12.7. The zero-order valence-electron chi connectivity index (χ0n) is 12.7. The van der Waals surface area contributed by atoms with Gasteiger partial charge in [-0.25, -0.2) is 9.78 Å². The summed E-state index contributed by atoms with van der Waals surface area (Å²) in [6.45, 7) is 5.57. The highest BCUT2D eigenvalue weighted by Gasteiger charge is 2.35. The van der Waals surface area contributed by atoms with Crippen molar-refractivity contribution < 1.29 is 14.7 Å². The van der Waals surface area contributed by atoms with E-state index >= 15 is 0 Å². The molecule has 0 spiro atoms. The van der Waals surface area contributed by atoms with Gasteiger partial charge in [-0.2, -0.15) is 0 Å². The molecule has 1 aromatic rings. The van der Waals surface area contributed by atoms with E-state index in [1.54, 1.807) is 6.07 Å². The maximum absolute atomic E-state index is 12.5. The number of rotatable bonds is 4. The molecule has 1 aromatic heterocycles. The normalized spacial score (nSPS) is 22.6. The van der Waals surface area contributed by atoms with Crippen molar-refractivity contribution in [3.05, 3.63) is 29.6 Å². The van der Waals surface area contributed by atoms with Crippen molar-refractivity contribution in [1.82, 2.24) is 14.8 Å². The summed E-state index contributed by atoms with van der Waals surface area (Å²) in [5, 5.41) is 9.20. The number of carboxylic acid groups (broad SMARTS) is 1. The van der Waals surface area contributed by atoms with E-state index in [2.05, 4.69) is 16.8 Å². The van der Waals surface area contributed by atoms with Crippen molar-refractivity contribution in [2.45, 2.75) is 32.4 Å². The molecule has 1 atom stereocenters. The van der Waals surface area contributed by atoms with Crippen LogP contribution in [-0.2, 0) is 11.3 Å². The van der Waals surface area contributed by atoms with Crippen LogP contribution >= 0.6 is 0 Å². The fraction of sp³-hybridized carbons (Fsp3) is 0.562. The molecule has 1 N–H and O–H groups in total. The van der Waals surface area contributed by atoms with E-state index in [1.807, 2.05) is 12.1 Å². The fourth-order valence-corrected chi connectivity index (χ4v) is 3.29. The monoisotopic (exact) mass is 303 g/mol. The van der Waals surface area contributed by atoms with Gasteiger partial charge in [0.1, 0.15) is 11.7 Å². The van der Waals surface area contributed by atoms with Gasteiger partial charge in [-0.3, -0.25) is 9.69 Å². The SMILES string of the molecule is CC1CN(Cc2cccc(C(=O)N3CCCC3C(=O)O)n2)C1. The van der Waals surface area contributed by atoms with E-state index in [0.29, 0.717) is 18.7 Å². The lowest BCUT2D eigenvalue weighted by molar-refractivity contribution is -0.141. The first-order valence-corrected chi connectivity index (χ1v) is 7.76. The number of aromatic nitrogens is 1. The second kappa shape index (κ2) is 6.04. The number of aliphatic carboxylic acids is 1. The van der Waals surface area contributed by atoms with Crippen molar-refractivity contribution in [2.75, 3.05) is 19.6 Å². The highest BCUT2D eigenvalue weighted by atomic mass is 16.4. The number of hydrogen-bond donors (Lipinski definition) is 1. The van der Waals surface area contributed by atoms with Gasteiger partial charge in [0.2, 0.25) is 0 Å². The van der Waals surface area contributed by atoms with Crippen molar-refractivity contribution in [3.63, 3.8) is 0 Å². The molecule has 2 fully saturated rings. The summed E-state index contributed by atoms with van der Waals surface area (Å²) in [6.07, 6.45) is 1.25. The van der Waals surface area contributed by atoms with Gasteiger partial charge < -0.3 is 10.0 Å². The number of nitrogens with zero attached hydrogens (tertiary/aromatic N) is 3. The largest absolute Gasteiger partial charge is 0.480 e. The molecule has 2 aliphatic heterocycles. The first-order valence-electron chi connectivity index (χ1n) is 7.76. The van der Waals surface area contributed by atoms with Crippen LogP contribution < -0.4 is 0 Å². The van der Waals surface area contributed by atoms with Crippen LogP contribution in [0, 0.1) is 5.92 Å². The van der Waals surface area contributed by atoms with Crippen LogP contribution in [0.1, 0.15) is 35.9 Å². The lowest BCUT2D eigenvalue weighted by Crippen LogP contribution is -2.44. The maximum atomic E-state index is 12.5. The van der Waals surface area contributed by atoms with Crippen molar-refractivity contribution in [1.29, 1.82) is 0 Å². The molecular weight excluding hydrogens is 282 g/mol. The average molecular weight is 303 g/mol. The Bertz CT molecular complexity index is 584. The first-order chi connectivity index (χ1) is 10.5. The van der Waals surface area contributed by atoms with Gasteiger partial charge in [0, 0.05) is 26.2 Å². The predicted molar refractivity (Wildman–Crippen MR) is 80.4 cm³/mol. The van der Waals surface area contributed by atoms with Crippen LogP contribution in [0.2, 0.25) is 0 Å². The number of hydrogen-bond acceptors (Lipinski definition) is 4. The molecule has 6 nitrogen and oxygen atoms in total. The lowest BCUT2D eigenvalue weighted by atomic mass is 10.0. The summed E-state index contributed by atoms with van der Waals surface area (Å²) < 4.78 is 0. The second-order valence-electron chi connectivity index (χ2n) is 6.31. The summed E-state index contributed by atoms with van der Waals surface area (Å²) in [5.41, 5.74) is 1.21. The molecular formula is C16H21N3O3. The summed E-state index contributed by atoms with van der Waals surface area (Å²) >= 11 is 0. The number of carbonyl (C=O) groups excluding carboxylic acids is 1. The number of carboxylic acids is 1. The van der Waals surface area contributed by atoms with Gasteiger partial charge in [-0.1, -0.05) is 13.0 Å². The predicted octanol–water partition coefficient (Wildman–Crippen LogP) is 1.22. The molecule has 0 bridgehead atoms. The van der Waals surface area contributed by atoms with E-state index in [1.165, 1.54) is 4.90 Å². The molecule has 3 heterocycles. The standard InChI is InChI=1S/C16H21N3O3/c1-11-8-18(9-11)10-12-4-2-5-13(17-12)15(20)19-7-3-6-14(19)16(21)22/h2,4-5,11,14H,3,6-10H2,1H3,(H,21,22). The average Bonchev–Trinajstić information content (AvgIpc) is 2.95. The van der Waals surface area contributed by atoms with Gasteiger partial charge in [0.15, 0.2) is 0 Å². The van der Waals surface area contributed by atoms with Crippen LogP contribution in [0.15, 0.2) is 18.2 Å². The minimum atomic E-state index is -0.934. The Hall–Kier alpha value is -1.95. The number of amides is 1. The molecule has 0 aliphatic carbocycles. The van der Waals surface area contributed by atoms with E-state index in [9.17, 15) is 14.7 Å². The molecule has 118 valence electrons. The summed E-state index contributed by atoms with van der Waals surface area (Å²) in [7, 11) is 0. The molecule has 22 heavy (non-hydrogen) atoms. The van der Waals surface area contributed by atoms with Crippen LogP contribution in [0.25, 0.3) is 0 Å². The highest BCUT2D eigenvalue weighted by Crippen LogP contribution is 2.21. The van der Waals surface area contributed by atoms with Crippen molar-refractivity contribution >= 4 is 11.9 Å². The Labute approximate surface area is 129 Å². The Balaban J connectivity index is 1.71. The third-order valence-corrected chi connectivity index (χ3v) is 4.35. The van der Waals surface area contributed by atoms with Crippen LogP contribution in [0.3, 0.4) is 0 Å². The molecule has 1 amide bonds. The molecule has 6 heteroatoms. The van der Waals surface area contributed by atoms with Gasteiger partial charge in [-0.05, 0) is 30.9 Å². The number of carbonyl (C=O) groups is 2. The second-order valence-corrected chi connectivity index (χ2v) is 6.31. The van der Waals surface area contributed by atoms with Crippen LogP contribution in [-0.4, -0.2) is 57.4 Å². The lowest BCUT2D eigenvalue weighted by Gasteiger charge is -2.36. The summed E-state index contributed by atoms with van der Waals surface area (Å²) in [5.74, 6) is -0.481. The molecule has 0 aromatic carbocycles. The van der Waals surface area contributed by atoms with Gasteiger partial charge in [0.25, 0.3) is 5.91 Å². The van der Waals surface area contributed by atoms with Crippen molar-refractivity contribution in [3.8, 4) is 0 Å². The van der Waals surface area contributed by atoms with E-state index < -0.39 is 12.0 Å². The summed E-state index contributed by atoms with van der Waals surface area (Å²) in [6, 6.07) is 4.69. The quantitative estimate of drug-likeness (QED) is 0.905. The highest BCUT2D eigenvalue weighted by molar-refractivity contribution is 5.95. The molecule has 2 saturated heterocycles. The molecule has 1 unspecified atom stereocenters. The molecule has 3 rings (SSSR count). The third-order valence-electron chi connectivity index (χ3n) is 4.35. The fourth-order valence-electron chi connectivity index (χ4n) is 3.29. The Morgan fingerprint density at radius 3 is 2.82 bits per heavy atom. The Morgan fingerprint density at radius 1 is 1.36 bits per heavy atom. The molecule has 0 radical (unpaired) electrons.